The molecule has 4 N–H and O–H groups in total. The average molecular weight is 785 g/mol. The molecule has 4 aromatic carbocycles. The number of Topliss-reactive ketones (excluding diaryl/α,β-unsaturated/α-hetero) is 1. The van der Waals surface area contributed by atoms with Gasteiger partial charge >= 0.3 is 11.8 Å². The summed E-state index contributed by atoms with van der Waals surface area (Å²) in [5.41, 5.74) is 1.92. The Labute approximate surface area is 323 Å². The van der Waals surface area contributed by atoms with Crippen molar-refractivity contribution in [3.63, 3.8) is 0 Å². The SMILES string of the molecule is CS(=O)NC(=O)CC(NC(=O)C(CC1CCCCC1)NC(=O)C(=O)Nc1ccccc1-c1ccccc1)C(=O)COP(=O)(c1ccccc1)c1ccccc1. The molecule has 4 amide bonds. The molecule has 3 atom stereocenters. The number of hydrogen-bond donors (Lipinski definition) is 4. The van der Waals surface area contributed by atoms with Gasteiger partial charge in [0.2, 0.25) is 11.8 Å². The first-order valence-electron chi connectivity index (χ1n) is 18.1. The van der Waals surface area contributed by atoms with Gasteiger partial charge in [-0.05, 0) is 48.2 Å². The van der Waals surface area contributed by atoms with Crippen LogP contribution in [0.15, 0.2) is 115 Å². The molecule has 0 saturated heterocycles. The minimum atomic E-state index is -3.82. The fraction of sp³-hybridized carbons (Fsp3) is 0.293. The summed E-state index contributed by atoms with van der Waals surface area (Å²) in [5.74, 6) is -4.37. The van der Waals surface area contributed by atoms with Crippen molar-refractivity contribution in [2.75, 3.05) is 18.2 Å². The summed E-state index contributed by atoms with van der Waals surface area (Å²) >= 11 is 0. The highest BCUT2D eigenvalue weighted by atomic mass is 32.2. The van der Waals surface area contributed by atoms with Crippen molar-refractivity contribution in [1.29, 1.82) is 0 Å². The van der Waals surface area contributed by atoms with Crippen LogP contribution in [0.1, 0.15) is 44.9 Å². The number of carbonyl (C=O) groups excluding carboxylic acids is 5. The molecule has 12 nitrogen and oxygen atoms in total. The number of carbonyl (C=O) groups is 5. The highest BCUT2D eigenvalue weighted by Gasteiger charge is 2.35. The molecule has 0 bridgehead atoms. The monoisotopic (exact) mass is 784 g/mol. The summed E-state index contributed by atoms with van der Waals surface area (Å²) in [4.78, 5) is 67.4. The van der Waals surface area contributed by atoms with Crippen molar-refractivity contribution in [3.05, 3.63) is 115 Å². The van der Waals surface area contributed by atoms with E-state index in [4.69, 9.17) is 4.52 Å². The van der Waals surface area contributed by atoms with Crippen molar-refractivity contribution in [2.45, 2.75) is 57.0 Å². The highest BCUT2D eigenvalue weighted by Crippen LogP contribution is 2.44. The standard InChI is InChI=1S/C41H45N4O8PS/c1-55(52)45-38(47)27-35(37(46)28-53-54(51,31-20-10-4-11-21-31)32-22-12-5-13-23-32)43-39(48)36(26-29-16-6-2-7-17-29)44-41(50)40(49)42-34-25-15-14-24-33(34)30-18-8-3-9-19-30/h3-5,8-15,18-25,29,35-36H,2,6-7,16-17,26-28H2,1H3,(H,42,49)(H,43,48)(H,44,50)(H,45,47). The molecule has 55 heavy (non-hydrogen) atoms. The summed E-state index contributed by atoms with van der Waals surface area (Å²) in [5, 5.41) is 8.50. The molecule has 14 heteroatoms. The van der Waals surface area contributed by atoms with Crippen molar-refractivity contribution in [1.82, 2.24) is 15.4 Å². The van der Waals surface area contributed by atoms with E-state index in [1.807, 2.05) is 42.5 Å². The van der Waals surface area contributed by atoms with Crippen LogP contribution in [0.3, 0.4) is 0 Å². The Morgan fingerprint density at radius 3 is 1.89 bits per heavy atom. The quantitative estimate of drug-likeness (QED) is 0.0946. The van der Waals surface area contributed by atoms with E-state index in [-0.39, 0.29) is 12.3 Å². The van der Waals surface area contributed by atoms with Gasteiger partial charge in [-0.3, -0.25) is 33.3 Å². The van der Waals surface area contributed by atoms with E-state index in [9.17, 15) is 32.7 Å². The highest BCUT2D eigenvalue weighted by molar-refractivity contribution is 7.82. The summed E-state index contributed by atoms with van der Waals surface area (Å²) in [6.07, 6.45) is 5.37. The maximum absolute atomic E-state index is 14.4. The zero-order valence-electron chi connectivity index (χ0n) is 30.5. The molecule has 1 saturated carbocycles. The molecule has 0 aliphatic heterocycles. The van der Waals surface area contributed by atoms with E-state index >= 15 is 0 Å². The lowest BCUT2D eigenvalue weighted by Gasteiger charge is -2.28. The molecule has 3 unspecified atom stereocenters. The number of anilines is 1. The lowest BCUT2D eigenvalue weighted by atomic mass is 9.84. The summed E-state index contributed by atoms with van der Waals surface area (Å²) in [7, 11) is -5.58. The Balaban J connectivity index is 1.35. The number of benzene rings is 4. The zero-order chi connectivity index (χ0) is 39.2. The Morgan fingerprint density at radius 2 is 1.29 bits per heavy atom. The molecular formula is C41H45N4O8PS. The number of amides is 4. The van der Waals surface area contributed by atoms with Gasteiger partial charge in [0.25, 0.3) is 7.37 Å². The minimum absolute atomic E-state index is 0.0533. The molecule has 0 radical (unpaired) electrons. The number of hydrogen-bond acceptors (Lipinski definition) is 8. The van der Waals surface area contributed by atoms with Gasteiger partial charge in [-0.2, -0.15) is 0 Å². The van der Waals surface area contributed by atoms with E-state index in [0.717, 1.165) is 37.7 Å². The van der Waals surface area contributed by atoms with Crippen LogP contribution < -0.4 is 31.3 Å². The van der Waals surface area contributed by atoms with Gasteiger partial charge in [-0.1, -0.05) is 117 Å². The molecule has 1 aliphatic rings. The maximum Gasteiger partial charge on any atom is 0.313 e. The third-order valence-electron chi connectivity index (χ3n) is 9.31. The van der Waals surface area contributed by atoms with Gasteiger partial charge < -0.3 is 20.5 Å². The second kappa shape index (κ2) is 19.9. The van der Waals surface area contributed by atoms with Crippen LogP contribution in [0.5, 0.6) is 0 Å². The predicted molar refractivity (Wildman–Crippen MR) is 213 cm³/mol. The molecule has 5 rings (SSSR count). The third kappa shape index (κ3) is 11.6. The molecule has 0 spiro atoms. The largest absolute Gasteiger partial charge is 0.344 e. The van der Waals surface area contributed by atoms with Gasteiger partial charge in [0, 0.05) is 28.1 Å². The van der Waals surface area contributed by atoms with E-state index in [2.05, 4.69) is 20.7 Å². The van der Waals surface area contributed by atoms with Crippen LogP contribution in [0.25, 0.3) is 11.1 Å². The lowest BCUT2D eigenvalue weighted by Crippen LogP contribution is -2.55. The number of nitrogens with one attached hydrogen (secondary N) is 4. The average Bonchev–Trinajstić information content (AvgIpc) is 3.20. The molecule has 0 aromatic heterocycles. The van der Waals surface area contributed by atoms with Crippen LogP contribution >= 0.6 is 7.37 Å². The normalized spacial score (nSPS) is 14.8. The summed E-state index contributed by atoms with van der Waals surface area (Å²) in [6, 6.07) is 30.3. The van der Waals surface area contributed by atoms with Crippen molar-refractivity contribution >= 4 is 64.1 Å². The van der Waals surface area contributed by atoms with Gasteiger partial charge in [0.15, 0.2) is 5.78 Å². The maximum atomic E-state index is 14.4. The Kier molecular flexibility index (Phi) is 14.8. The molecular weight excluding hydrogens is 740 g/mol. The second-order valence-electron chi connectivity index (χ2n) is 13.3. The molecule has 4 aromatic rings. The summed E-state index contributed by atoms with van der Waals surface area (Å²) < 4.78 is 34.3. The Bertz CT molecular complexity index is 1980. The van der Waals surface area contributed by atoms with Crippen molar-refractivity contribution < 1.29 is 37.3 Å². The first kappa shape index (κ1) is 40.9. The van der Waals surface area contributed by atoms with Gasteiger partial charge in [-0.25, -0.2) is 4.21 Å². The van der Waals surface area contributed by atoms with E-state index in [1.165, 1.54) is 6.26 Å². The molecule has 1 fully saturated rings. The van der Waals surface area contributed by atoms with Crippen LogP contribution in [0.4, 0.5) is 5.69 Å². The van der Waals surface area contributed by atoms with Crippen molar-refractivity contribution in [3.8, 4) is 11.1 Å². The van der Waals surface area contributed by atoms with Crippen LogP contribution in [-0.4, -0.2) is 58.6 Å². The minimum Gasteiger partial charge on any atom is -0.344 e. The fourth-order valence-corrected chi connectivity index (χ4v) is 9.00. The second-order valence-corrected chi connectivity index (χ2v) is 16.8. The van der Waals surface area contributed by atoms with E-state index in [1.54, 1.807) is 72.8 Å². The topological polar surface area (TPSA) is 177 Å². The van der Waals surface area contributed by atoms with E-state index < -0.39 is 72.9 Å². The van der Waals surface area contributed by atoms with Crippen LogP contribution in [-0.2, 0) is 44.0 Å². The third-order valence-corrected chi connectivity index (χ3v) is 12.3. The smallest absolute Gasteiger partial charge is 0.313 e. The molecule has 1 aliphatic carbocycles. The van der Waals surface area contributed by atoms with Crippen molar-refractivity contribution in [2.24, 2.45) is 5.92 Å². The Morgan fingerprint density at radius 1 is 0.727 bits per heavy atom. The molecule has 0 heterocycles. The first-order valence-corrected chi connectivity index (χ1v) is 21.3. The lowest BCUT2D eigenvalue weighted by molar-refractivity contribution is -0.138. The number of rotatable bonds is 16. The zero-order valence-corrected chi connectivity index (χ0v) is 32.2. The van der Waals surface area contributed by atoms with Crippen LogP contribution in [0.2, 0.25) is 0 Å². The first-order chi connectivity index (χ1) is 26.5. The van der Waals surface area contributed by atoms with Gasteiger partial charge in [0.05, 0.1) is 12.5 Å². The van der Waals surface area contributed by atoms with Gasteiger partial charge in [-0.15, -0.1) is 0 Å². The molecule has 288 valence electrons. The number of ketones is 1. The van der Waals surface area contributed by atoms with Crippen LogP contribution in [0, 0.1) is 5.92 Å². The van der Waals surface area contributed by atoms with Gasteiger partial charge in [0.1, 0.15) is 23.6 Å². The fourth-order valence-electron chi connectivity index (χ4n) is 6.56. The predicted octanol–water partition coefficient (Wildman–Crippen LogP) is 4.55. The summed E-state index contributed by atoms with van der Waals surface area (Å²) in [6.45, 7) is -0.753. The number of para-hydroxylation sites is 1. The van der Waals surface area contributed by atoms with E-state index in [0.29, 0.717) is 21.9 Å². The Hall–Kier alpha value is -5.23.